The van der Waals surface area contributed by atoms with Crippen molar-refractivity contribution < 1.29 is 9.47 Å². The van der Waals surface area contributed by atoms with Gasteiger partial charge in [-0.05, 0) is 33.1 Å². The van der Waals surface area contributed by atoms with Gasteiger partial charge in [0.1, 0.15) is 11.2 Å². The lowest BCUT2D eigenvalue weighted by molar-refractivity contribution is -0.348. The molecule has 0 aromatic carbocycles. The van der Waals surface area contributed by atoms with Crippen LogP contribution >= 0.6 is 0 Å². The molecular formula is C14H24O2. The molecule has 0 aromatic heterocycles. The summed E-state index contributed by atoms with van der Waals surface area (Å²) < 4.78 is 12.7. The number of fused-ring (bicyclic) bond motifs is 1. The van der Waals surface area contributed by atoms with Crippen molar-refractivity contribution in [3.63, 3.8) is 0 Å². The molecule has 2 bridgehead atoms. The van der Waals surface area contributed by atoms with Gasteiger partial charge in [0.2, 0.25) is 0 Å². The molecule has 0 radical (unpaired) electrons. The molecule has 92 valence electrons. The predicted molar refractivity (Wildman–Crippen MR) is 63.4 cm³/mol. The van der Waals surface area contributed by atoms with Gasteiger partial charge in [0.05, 0.1) is 11.7 Å². The average Bonchev–Trinajstić information content (AvgIpc) is 2.34. The van der Waals surface area contributed by atoms with Gasteiger partial charge < -0.3 is 9.47 Å². The average molecular weight is 224 g/mol. The van der Waals surface area contributed by atoms with Gasteiger partial charge in [0, 0.05) is 5.92 Å². The fraction of sp³-hybridized carbons (Fsp3) is 1.00. The van der Waals surface area contributed by atoms with Crippen molar-refractivity contribution in [2.75, 3.05) is 0 Å². The van der Waals surface area contributed by atoms with E-state index >= 15 is 0 Å². The van der Waals surface area contributed by atoms with Crippen molar-refractivity contribution in [3.05, 3.63) is 0 Å². The van der Waals surface area contributed by atoms with E-state index in [0.717, 1.165) is 0 Å². The van der Waals surface area contributed by atoms with Crippen molar-refractivity contribution in [1.29, 1.82) is 0 Å². The monoisotopic (exact) mass is 224 g/mol. The quantitative estimate of drug-likeness (QED) is 0.732. The summed E-state index contributed by atoms with van der Waals surface area (Å²) in [5.41, 5.74) is 0.100. The van der Waals surface area contributed by atoms with E-state index in [2.05, 4.69) is 27.7 Å². The maximum atomic E-state index is 6.42. The molecule has 2 nitrogen and oxygen atoms in total. The van der Waals surface area contributed by atoms with Gasteiger partial charge in [0.15, 0.2) is 0 Å². The zero-order valence-corrected chi connectivity index (χ0v) is 11.0. The van der Waals surface area contributed by atoms with E-state index in [-0.39, 0.29) is 16.8 Å². The van der Waals surface area contributed by atoms with Crippen LogP contribution < -0.4 is 0 Å². The minimum Gasteiger partial charge on any atom is -0.365 e. The summed E-state index contributed by atoms with van der Waals surface area (Å²) in [4.78, 5) is 0. The molecule has 3 saturated heterocycles. The molecule has 0 aliphatic carbocycles. The topological polar surface area (TPSA) is 18.5 Å². The number of hydrogen-bond donors (Lipinski definition) is 0. The highest BCUT2D eigenvalue weighted by Crippen LogP contribution is 2.67. The van der Waals surface area contributed by atoms with Crippen LogP contribution in [0.5, 0.6) is 0 Å². The van der Waals surface area contributed by atoms with Gasteiger partial charge in [-0.3, -0.25) is 0 Å². The maximum Gasteiger partial charge on any atom is 0.121 e. The molecule has 0 saturated carbocycles. The van der Waals surface area contributed by atoms with Crippen LogP contribution in [0.15, 0.2) is 0 Å². The summed E-state index contributed by atoms with van der Waals surface area (Å²) in [5, 5.41) is 0. The third kappa shape index (κ3) is 0.971. The molecule has 3 aliphatic heterocycles. The van der Waals surface area contributed by atoms with Crippen molar-refractivity contribution in [2.24, 2.45) is 5.92 Å². The molecular weight excluding hydrogens is 200 g/mol. The van der Waals surface area contributed by atoms with Gasteiger partial charge in [-0.25, -0.2) is 0 Å². The lowest BCUT2D eigenvalue weighted by Crippen LogP contribution is -2.72. The van der Waals surface area contributed by atoms with Crippen LogP contribution in [0.1, 0.15) is 59.8 Å². The van der Waals surface area contributed by atoms with E-state index in [9.17, 15) is 0 Å². The summed E-state index contributed by atoms with van der Waals surface area (Å²) >= 11 is 0. The van der Waals surface area contributed by atoms with Crippen molar-refractivity contribution >= 4 is 0 Å². The lowest BCUT2D eigenvalue weighted by atomic mass is 9.66. The van der Waals surface area contributed by atoms with E-state index in [1.165, 1.54) is 32.1 Å². The largest absolute Gasteiger partial charge is 0.365 e. The number of unbranched alkanes of at least 4 members (excludes halogenated alkanes) is 1. The Kier molecular flexibility index (Phi) is 2.09. The normalized spacial score (nSPS) is 58.5. The van der Waals surface area contributed by atoms with E-state index in [1.54, 1.807) is 0 Å². The highest BCUT2D eigenvalue weighted by Gasteiger charge is 2.78. The molecule has 3 rings (SSSR count). The molecule has 0 N–H and O–H groups in total. The van der Waals surface area contributed by atoms with Crippen LogP contribution in [0.4, 0.5) is 0 Å². The fourth-order valence-corrected chi connectivity index (χ4v) is 4.43. The van der Waals surface area contributed by atoms with E-state index in [4.69, 9.17) is 9.47 Å². The molecule has 0 aromatic rings. The zero-order chi connectivity index (χ0) is 11.6. The Hall–Kier alpha value is -0.0800. The number of ether oxygens (including phenoxy) is 2. The third-order valence-corrected chi connectivity index (χ3v) is 5.67. The van der Waals surface area contributed by atoms with Gasteiger partial charge in [-0.1, -0.05) is 26.7 Å². The van der Waals surface area contributed by atoms with Crippen LogP contribution in [0.25, 0.3) is 0 Å². The Morgan fingerprint density at radius 2 is 2.06 bits per heavy atom. The molecule has 0 amide bonds. The third-order valence-electron chi connectivity index (χ3n) is 5.67. The van der Waals surface area contributed by atoms with Crippen LogP contribution in [0, 0.1) is 5.92 Å². The first-order valence-corrected chi connectivity index (χ1v) is 6.86. The summed E-state index contributed by atoms with van der Waals surface area (Å²) in [7, 11) is 0. The van der Waals surface area contributed by atoms with Crippen LogP contribution in [-0.2, 0) is 9.47 Å². The molecule has 3 heterocycles. The SMILES string of the molecule is CCCCC12OC3CCC(C)(OC31C)C2C. The predicted octanol–water partition coefficient (Wildman–Crippen LogP) is 3.29. The van der Waals surface area contributed by atoms with Gasteiger partial charge in [-0.2, -0.15) is 0 Å². The first-order chi connectivity index (χ1) is 7.48. The Labute approximate surface area is 98.7 Å². The van der Waals surface area contributed by atoms with Crippen molar-refractivity contribution in [2.45, 2.75) is 82.7 Å². The van der Waals surface area contributed by atoms with Gasteiger partial charge in [0.25, 0.3) is 0 Å². The standard InChI is InChI=1S/C14H24O2/c1-5-6-8-14-10(2)12(3)9-7-11(15-14)13(14,4)16-12/h10-11H,5-9H2,1-4H3. The Morgan fingerprint density at radius 3 is 2.75 bits per heavy atom. The van der Waals surface area contributed by atoms with Crippen LogP contribution in [0.3, 0.4) is 0 Å². The second-order valence-corrected chi connectivity index (χ2v) is 6.38. The molecule has 0 spiro atoms. The molecule has 3 aliphatic rings. The van der Waals surface area contributed by atoms with Crippen LogP contribution in [0.2, 0.25) is 0 Å². The van der Waals surface area contributed by atoms with Gasteiger partial charge in [-0.15, -0.1) is 0 Å². The van der Waals surface area contributed by atoms with E-state index in [1.807, 2.05) is 0 Å². The van der Waals surface area contributed by atoms with Crippen molar-refractivity contribution in [3.8, 4) is 0 Å². The Morgan fingerprint density at radius 1 is 1.31 bits per heavy atom. The molecule has 3 fully saturated rings. The highest BCUT2D eigenvalue weighted by atomic mass is 16.7. The van der Waals surface area contributed by atoms with E-state index in [0.29, 0.717) is 12.0 Å². The van der Waals surface area contributed by atoms with Crippen LogP contribution in [-0.4, -0.2) is 22.9 Å². The lowest BCUT2D eigenvalue weighted by Gasteiger charge is -2.59. The molecule has 5 unspecified atom stereocenters. The van der Waals surface area contributed by atoms with Crippen molar-refractivity contribution in [1.82, 2.24) is 0 Å². The minimum absolute atomic E-state index is 0.00852. The highest BCUT2D eigenvalue weighted by molar-refractivity contribution is 5.26. The summed E-state index contributed by atoms with van der Waals surface area (Å²) in [6, 6.07) is 0. The second kappa shape index (κ2) is 3.02. The number of rotatable bonds is 3. The Bertz CT molecular complexity index is 316. The molecule has 16 heavy (non-hydrogen) atoms. The van der Waals surface area contributed by atoms with E-state index < -0.39 is 0 Å². The zero-order valence-electron chi connectivity index (χ0n) is 11.0. The summed E-state index contributed by atoms with van der Waals surface area (Å²) in [6.07, 6.45) is 6.39. The fourth-order valence-electron chi connectivity index (χ4n) is 4.43. The second-order valence-electron chi connectivity index (χ2n) is 6.38. The molecule has 2 heteroatoms. The summed E-state index contributed by atoms with van der Waals surface area (Å²) in [5.74, 6) is 0.537. The maximum absolute atomic E-state index is 6.42. The summed E-state index contributed by atoms with van der Waals surface area (Å²) in [6.45, 7) is 9.16. The van der Waals surface area contributed by atoms with Gasteiger partial charge >= 0.3 is 0 Å². The minimum atomic E-state index is 0.00852. The Balaban J connectivity index is 1.95. The molecule has 5 atom stereocenters. The number of hydrogen-bond acceptors (Lipinski definition) is 2. The smallest absolute Gasteiger partial charge is 0.121 e. The first kappa shape index (κ1) is 11.0. The first-order valence-electron chi connectivity index (χ1n) is 6.86.